The summed E-state index contributed by atoms with van der Waals surface area (Å²) in [5.41, 5.74) is -1.14. The fourth-order valence-electron chi connectivity index (χ4n) is 2.18. The molecule has 0 saturated heterocycles. The van der Waals surface area contributed by atoms with Crippen LogP contribution in [0.3, 0.4) is 0 Å². The molecule has 23 heavy (non-hydrogen) atoms. The van der Waals surface area contributed by atoms with E-state index in [-0.39, 0.29) is 5.97 Å². The summed E-state index contributed by atoms with van der Waals surface area (Å²) < 4.78 is 22.4. The number of esters is 1. The third kappa shape index (κ3) is 6.15. The lowest BCUT2D eigenvalue weighted by Gasteiger charge is -2.43. The number of quaternary nitrogens is 1. The summed E-state index contributed by atoms with van der Waals surface area (Å²) in [4.78, 5) is 12.6. The predicted molar refractivity (Wildman–Crippen MR) is 93.1 cm³/mol. The molecule has 0 atom stereocenters. The maximum atomic E-state index is 12.6. The van der Waals surface area contributed by atoms with Crippen molar-refractivity contribution in [2.45, 2.75) is 58.2 Å². The van der Waals surface area contributed by atoms with Crippen LogP contribution in [-0.2, 0) is 22.8 Å². The lowest BCUT2D eigenvalue weighted by Crippen LogP contribution is -2.62. The molecule has 0 rings (SSSR count). The molecule has 6 nitrogen and oxygen atoms in total. The highest BCUT2D eigenvalue weighted by atomic mass is 28.4. The van der Waals surface area contributed by atoms with Gasteiger partial charge in [0.05, 0.1) is 20.6 Å². The van der Waals surface area contributed by atoms with Crippen molar-refractivity contribution in [3.63, 3.8) is 0 Å². The Morgan fingerprint density at radius 2 is 1.39 bits per heavy atom. The highest BCUT2D eigenvalue weighted by Crippen LogP contribution is 2.26. The number of hydrogen-bond donors (Lipinski definition) is 0. The minimum absolute atomic E-state index is 0.191. The van der Waals surface area contributed by atoms with Crippen LogP contribution in [0.1, 0.15) is 41.0 Å². The zero-order chi connectivity index (χ0) is 18.5. The number of carbonyl (C=O) groups is 1. The van der Waals surface area contributed by atoms with Crippen molar-refractivity contribution in [2.75, 3.05) is 42.0 Å². The van der Waals surface area contributed by atoms with Crippen molar-refractivity contribution in [2.24, 2.45) is 0 Å². The number of likely N-dealkylation sites (N-methyl/N-ethyl adjacent to an activating group) is 1. The van der Waals surface area contributed by atoms with Crippen LogP contribution in [0.4, 0.5) is 0 Å². The topological polar surface area (TPSA) is 54.0 Å². The molecule has 0 saturated carbocycles. The zero-order valence-corrected chi connectivity index (χ0v) is 17.6. The monoisotopic (exact) mass is 350 g/mol. The summed E-state index contributed by atoms with van der Waals surface area (Å²) in [6.45, 7) is 10.3. The van der Waals surface area contributed by atoms with E-state index in [1.165, 1.54) is 0 Å². The van der Waals surface area contributed by atoms with Gasteiger partial charge in [0, 0.05) is 47.6 Å². The van der Waals surface area contributed by atoms with Crippen molar-refractivity contribution in [1.82, 2.24) is 0 Å². The summed E-state index contributed by atoms with van der Waals surface area (Å²) >= 11 is 0. The van der Waals surface area contributed by atoms with Crippen molar-refractivity contribution in [3.8, 4) is 0 Å². The molecule has 0 unspecified atom stereocenters. The first kappa shape index (κ1) is 22.5. The van der Waals surface area contributed by atoms with Gasteiger partial charge in [-0.3, -0.25) is 0 Å². The molecular formula is C16H36NO5Si+. The lowest BCUT2D eigenvalue weighted by molar-refractivity contribution is -0.928. The van der Waals surface area contributed by atoms with Crippen LogP contribution in [0.2, 0.25) is 6.04 Å². The summed E-state index contributed by atoms with van der Waals surface area (Å²) in [5, 5.41) is 0. The molecule has 0 aliphatic rings. The summed E-state index contributed by atoms with van der Waals surface area (Å²) in [7, 11) is 6.36. The second-order valence-corrected chi connectivity index (χ2v) is 11.0. The third-order valence-electron chi connectivity index (χ3n) is 4.54. The molecule has 0 aromatic heterocycles. The van der Waals surface area contributed by atoms with E-state index in [0.29, 0.717) is 10.5 Å². The van der Waals surface area contributed by atoms with Crippen LogP contribution in [0.15, 0.2) is 0 Å². The largest absolute Gasteiger partial charge is 0.500 e. The Morgan fingerprint density at radius 3 is 1.74 bits per heavy atom. The van der Waals surface area contributed by atoms with Gasteiger partial charge in [0.2, 0.25) is 0 Å². The average molecular weight is 351 g/mol. The molecule has 0 amide bonds. The van der Waals surface area contributed by atoms with Gasteiger partial charge in [-0.1, -0.05) is 0 Å². The molecule has 0 aromatic carbocycles. The average Bonchev–Trinajstić information content (AvgIpc) is 2.42. The van der Waals surface area contributed by atoms with Gasteiger partial charge < -0.3 is 22.5 Å². The van der Waals surface area contributed by atoms with Crippen LogP contribution >= 0.6 is 0 Å². The molecule has 138 valence electrons. The lowest BCUT2D eigenvalue weighted by atomic mass is 9.99. The van der Waals surface area contributed by atoms with E-state index in [1.54, 1.807) is 21.3 Å². The quantitative estimate of drug-likeness (QED) is 0.363. The van der Waals surface area contributed by atoms with Gasteiger partial charge in [-0.15, -0.1) is 0 Å². The molecule has 0 aromatic rings. The Balaban J connectivity index is 4.88. The normalized spacial score (nSPS) is 14.0. The maximum Gasteiger partial charge on any atom is 0.500 e. The molecule has 0 aliphatic carbocycles. The van der Waals surface area contributed by atoms with Gasteiger partial charge in [-0.25, -0.2) is 4.79 Å². The first-order chi connectivity index (χ1) is 10.3. The van der Waals surface area contributed by atoms with E-state index in [4.69, 9.17) is 18.0 Å². The van der Waals surface area contributed by atoms with E-state index >= 15 is 0 Å². The van der Waals surface area contributed by atoms with Crippen LogP contribution in [0.25, 0.3) is 0 Å². The Morgan fingerprint density at radius 1 is 0.957 bits per heavy atom. The van der Waals surface area contributed by atoms with E-state index in [9.17, 15) is 4.79 Å². The molecule has 0 fully saturated rings. The zero-order valence-electron chi connectivity index (χ0n) is 16.6. The Bertz CT molecular complexity index is 378. The Hall–Kier alpha value is -0.473. The molecule has 0 spiro atoms. The molecule has 7 heteroatoms. The van der Waals surface area contributed by atoms with Gasteiger partial charge in [-0.2, -0.15) is 0 Å². The van der Waals surface area contributed by atoms with Gasteiger partial charge in [0.25, 0.3) is 0 Å². The number of nitrogens with zero attached hydrogens (tertiary/aromatic N) is 1. The number of ether oxygens (including phenoxy) is 1. The van der Waals surface area contributed by atoms with Crippen LogP contribution in [0.5, 0.6) is 0 Å². The molecule has 0 radical (unpaired) electrons. The Kier molecular flexibility index (Phi) is 7.90. The van der Waals surface area contributed by atoms with Crippen LogP contribution in [0, 0.1) is 0 Å². The van der Waals surface area contributed by atoms with Gasteiger partial charge in [0.15, 0.2) is 5.54 Å². The van der Waals surface area contributed by atoms with Crippen molar-refractivity contribution in [3.05, 3.63) is 0 Å². The second-order valence-electron chi connectivity index (χ2n) is 7.87. The molecule has 0 N–H and O–H groups in total. The SMILES string of the molecule is CO[Si](CCC[N+](C)(C)C(C)(C)C(=O)OC(C)(C)C)(OC)OC. The fraction of sp³-hybridized carbons (Fsp3) is 0.938. The predicted octanol–water partition coefficient (Wildman–Crippen LogP) is 2.45. The third-order valence-corrected chi connectivity index (χ3v) is 7.38. The van der Waals surface area contributed by atoms with Gasteiger partial charge in [-0.05, 0) is 20.8 Å². The molecule has 0 heterocycles. The molecule has 0 bridgehead atoms. The van der Waals surface area contributed by atoms with Crippen molar-refractivity contribution >= 4 is 14.8 Å². The number of carbonyl (C=O) groups excluding carboxylic acids is 1. The minimum Gasteiger partial charge on any atom is -0.455 e. The highest BCUT2D eigenvalue weighted by molar-refractivity contribution is 6.60. The molecular weight excluding hydrogens is 314 g/mol. The maximum absolute atomic E-state index is 12.6. The number of hydrogen-bond acceptors (Lipinski definition) is 5. The van der Waals surface area contributed by atoms with E-state index in [1.807, 2.05) is 48.7 Å². The van der Waals surface area contributed by atoms with Crippen molar-refractivity contribution in [1.29, 1.82) is 0 Å². The minimum atomic E-state index is -2.57. The van der Waals surface area contributed by atoms with Gasteiger partial charge in [0.1, 0.15) is 5.60 Å². The Labute approximate surface area is 143 Å². The van der Waals surface area contributed by atoms with Crippen LogP contribution < -0.4 is 0 Å². The summed E-state index contributed by atoms with van der Waals surface area (Å²) in [6.07, 6.45) is 0.834. The van der Waals surface area contributed by atoms with E-state index in [0.717, 1.165) is 13.0 Å². The second kappa shape index (κ2) is 8.07. The molecule has 0 aliphatic heterocycles. The van der Waals surface area contributed by atoms with E-state index < -0.39 is 19.9 Å². The summed E-state index contributed by atoms with van der Waals surface area (Å²) in [6, 6.07) is 0.711. The smallest absolute Gasteiger partial charge is 0.455 e. The number of rotatable bonds is 9. The summed E-state index contributed by atoms with van der Waals surface area (Å²) in [5.74, 6) is -0.191. The first-order valence-corrected chi connectivity index (χ1v) is 9.92. The van der Waals surface area contributed by atoms with Gasteiger partial charge >= 0.3 is 14.8 Å². The highest BCUT2D eigenvalue weighted by Gasteiger charge is 2.47. The van der Waals surface area contributed by atoms with Crippen molar-refractivity contribution < 1.29 is 27.3 Å². The fourth-order valence-corrected chi connectivity index (χ4v) is 3.88. The standard InChI is InChI=1S/C16H36NO5Si/c1-15(2,3)22-14(18)16(4,5)17(6,7)12-11-13-23(19-8,20-9)21-10/h11-13H2,1-10H3/q+1. The first-order valence-electron chi connectivity index (χ1n) is 7.99. The van der Waals surface area contributed by atoms with E-state index in [2.05, 4.69) is 0 Å². The van der Waals surface area contributed by atoms with Crippen LogP contribution in [-0.4, -0.2) is 72.4 Å².